The molecule has 0 radical (unpaired) electrons. The molecule has 3 amide bonds. The van der Waals surface area contributed by atoms with Crippen molar-refractivity contribution in [3.63, 3.8) is 0 Å². The van der Waals surface area contributed by atoms with Crippen LogP contribution >= 0.6 is 0 Å². The van der Waals surface area contributed by atoms with Gasteiger partial charge in [-0.05, 0) is 61.9 Å². The molecule has 7 heteroatoms. The minimum absolute atomic E-state index is 0.143. The van der Waals surface area contributed by atoms with Crippen LogP contribution in [0.15, 0.2) is 54.6 Å². The summed E-state index contributed by atoms with van der Waals surface area (Å²) in [7, 11) is 0. The SMILES string of the molecule is CCC1(CC)C(=O)N(C(=O)NCCCCc2ccccc2)C1Oc1ccc(C(=O)O)cc1. The number of nitrogens with zero attached hydrogens (tertiary/aromatic N) is 1. The molecule has 32 heavy (non-hydrogen) atoms. The Morgan fingerprint density at radius 2 is 1.69 bits per heavy atom. The van der Waals surface area contributed by atoms with E-state index in [2.05, 4.69) is 17.4 Å². The maximum atomic E-state index is 12.9. The number of ether oxygens (including phenoxy) is 1. The number of benzene rings is 2. The van der Waals surface area contributed by atoms with Gasteiger partial charge in [-0.1, -0.05) is 44.2 Å². The molecule has 1 fully saturated rings. The molecule has 0 aromatic heterocycles. The molecule has 0 bridgehead atoms. The number of aryl methyl sites for hydroxylation is 1. The van der Waals surface area contributed by atoms with Crippen molar-refractivity contribution in [3.8, 4) is 5.75 Å². The fourth-order valence-electron chi connectivity index (χ4n) is 4.08. The number of carbonyl (C=O) groups is 3. The highest BCUT2D eigenvalue weighted by Crippen LogP contribution is 2.46. The number of likely N-dealkylation sites (tertiary alicyclic amines) is 1. The zero-order valence-corrected chi connectivity index (χ0v) is 18.5. The number of aromatic carboxylic acids is 1. The second-order valence-electron chi connectivity index (χ2n) is 8.01. The van der Waals surface area contributed by atoms with Gasteiger partial charge in [0.2, 0.25) is 5.91 Å². The molecule has 2 aromatic rings. The lowest BCUT2D eigenvalue weighted by atomic mass is 9.72. The van der Waals surface area contributed by atoms with Gasteiger partial charge in [-0.3, -0.25) is 4.79 Å². The number of hydrogen-bond donors (Lipinski definition) is 2. The molecule has 1 saturated heterocycles. The fraction of sp³-hybridized carbons (Fsp3) is 0.400. The standard InChI is InChI=1S/C25H30N2O5/c1-3-25(4-2)22(30)27(23(25)32-20-15-13-19(14-16-20)21(28)29)24(31)26-17-9-8-12-18-10-6-5-7-11-18/h5-7,10-11,13-16,23H,3-4,8-9,12,17H2,1-2H3,(H,26,31)(H,28,29). The minimum atomic E-state index is -1.03. The Morgan fingerprint density at radius 3 is 2.28 bits per heavy atom. The van der Waals surface area contributed by atoms with Gasteiger partial charge < -0.3 is 15.2 Å². The first-order valence-corrected chi connectivity index (χ1v) is 11.1. The number of imide groups is 1. The van der Waals surface area contributed by atoms with Crippen LogP contribution in [0.2, 0.25) is 0 Å². The molecule has 3 rings (SSSR count). The summed E-state index contributed by atoms with van der Waals surface area (Å²) < 4.78 is 6.02. The molecule has 1 unspecified atom stereocenters. The largest absolute Gasteiger partial charge is 0.478 e. The van der Waals surface area contributed by atoms with Gasteiger partial charge >= 0.3 is 12.0 Å². The number of nitrogens with one attached hydrogen (secondary N) is 1. The van der Waals surface area contributed by atoms with Gasteiger partial charge in [0.15, 0.2) is 6.23 Å². The van der Waals surface area contributed by atoms with E-state index in [1.165, 1.54) is 17.7 Å². The summed E-state index contributed by atoms with van der Waals surface area (Å²) >= 11 is 0. The molecular formula is C25H30N2O5. The monoisotopic (exact) mass is 438 g/mol. The van der Waals surface area contributed by atoms with Crippen molar-refractivity contribution in [1.29, 1.82) is 0 Å². The van der Waals surface area contributed by atoms with Crippen LogP contribution < -0.4 is 10.1 Å². The number of amides is 3. The number of carboxylic acids is 1. The lowest BCUT2D eigenvalue weighted by Crippen LogP contribution is -2.73. The van der Waals surface area contributed by atoms with E-state index < -0.39 is 23.6 Å². The third kappa shape index (κ3) is 4.77. The molecule has 2 N–H and O–H groups in total. The first-order valence-electron chi connectivity index (χ1n) is 11.1. The van der Waals surface area contributed by atoms with E-state index in [0.29, 0.717) is 25.1 Å². The molecule has 0 spiro atoms. The van der Waals surface area contributed by atoms with Gasteiger partial charge in [0.25, 0.3) is 0 Å². The Bertz CT molecular complexity index is 939. The molecule has 170 valence electrons. The van der Waals surface area contributed by atoms with Gasteiger partial charge in [0.05, 0.1) is 5.56 Å². The van der Waals surface area contributed by atoms with Crippen molar-refractivity contribution in [2.24, 2.45) is 5.41 Å². The highest BCUT2D eigenvalue weighted by molar-refractivity contribution is 6.03. The zero-order chi connectivity index (χ0) is 23.1. The Hall–Kier alpha value is -3.35. The van der Waals surface area contributed by atoms with Crippen molar-refractivity contribution in [3.05, 3.63) is 65.7 Å². The lowest BCUT2D eigenvalue weighted by molar-refractivity contribution is -0.190. The molecule has 0 saturated carbocycles. The summed E-state index contributed by atoms with van der Waals surface area (Å²) in [6, 6.07) is 15.7. The number of hydrogen-bond acceptors (Lipinski definition) is 4. The van der Waals surface area contributed by atoms with E-state index in [1.807, 2.05) is 32.0 Å². The van der Waals surface area contributed by atoms with Crippen LogP contribution in [0.3, 0.4) is 0 Å². The lowest BCUT2D eigenvalue weighted by Gasteiger charge is -2.53. The normalized spacial score (nSPS) is 16.9. The molecule has 1 heterocycles. The molecule has 7 nitrogen and oxygen atoms in total. The van der Waals surface area contributed by atoms with Gasteiger partial charge in [0.1, 0.15) is 11.2 Å². The van der Waals surface area contributed by atoms with Crippen LogP contribution in [0.5, 0.6) is 5.75 Å². The molecule has 1 aliphatic heterocycles. The number of rotatable bonds is 10. The van der Waals surface area contributed by atoms with Crippen LogP contribution in [-0.2, 0) is 11.2 Å². The van der Waals surface area contributed by atoms with Crippen LogP contribution in [-0.4, -0.2) is 40.7 Å². The van der Waals surface area contributed by atoms with Gasteiger partial charge in [-0.25, -0.2) is 14.5 Å². The number of carbonyl (C=O) groups excluding carboxylic acids is 2. The van der Waals surface area contributed by atoms with Gasteiger partial charge in [0, 0.05) is 6.54 Å². The highest BCUT2D eigenvalue weighted by atomic mass is 16.5. The Morgan fingerprint density at radius 1 is 1.03 bits per heavy atom. The van der Waals surface area contributed by atoms with Crippen molar-refractivity contribution in [1.82, 2.24) is 10.2 Å². The van der Waals surface area contributed by atoms with E-state index in [4.69, 9.17) is 9.84 Å². The van der Waals surface area contributed by atoms with Crippen molar-refractivity contribution in [2.75, 3.05) is 6.54 Å². The average Bonchev–Trinajstić information content (AvgIpc) is 2.80. The smallest absolute Gasteiger partial charge is 0.335 e. The summed E-state index contributed by atoms with van der Waals surface area (Å²) in [6.45, 7) is 4.29. The van der Waals surface area contributed by atoms with E-state index in [-0.39, 0.29) is 11.5 Å². The van der Waals surface area contributed by atoms with Crippen LogP contribution in [0.1, 0.15) is 55.5 Å². The first kappa shape index (κ1) is 23.3. The maximum absolute atomic E-state index is 12.9. The van der Waals surface area contributed by atoms with E-state index >= 15 is 0 Å². The number of urea groups is 1. The second-order valence-corrected chi connectivity index (χ2v) is 8.01. The summed E-state index contributed by atoms with van der Waals surface area (Å²) in [5.74, 6) is -0.851. The Balaban J connectivity index is 1.59. The van der Waals surface area contributed by atoms with Crippen molar-refractivity contribution in [2.45, 2.75) is 52.2 Å². The summed E-state index contributed by atoms with van der Waals surface area (Å²) in [6.07, 6.45) is 3.03. The molecule has 0 aliphatic carbocycles. The third-order valence-corrected chi connectivity index (χ3v) is 6.19. The zero-order valence-electron chi connectivity index (χ0n) is 18.5. The average molecular weight is 439 g/mol. The molecular weight excluding hydrogens is 408 g/mol. The summed E-state index contributed by atoms with van der Waals surface area (Å²) in [4.78, 5) is 37.9. The van der Waals surface area contributed by atoms with Crippen molar-refractivity contribution < 1.29 is 24.2 Å². The number of unbranched alkanes of at least 4 members (excludes halogenated alkanes) is 1. The summed E-state index contributed by atoms with van der Waals surface area (Å²) in [5, 5.41) is 11.9. The minimum Gasteiger partial charge on any atom is -0.478 e. The Kier molecular flexibility index (Phi) is 7.51. The predicted molar refractivity (Wildman–Crippen MR) is 120 cm³/mol. The van der Waals surface area contributed by atoms with Crippen LogP contribution in [0.25, 0.3) is 0 Å². The van der Waals surface area contributed by atoms with Crippen molar-refractivity contribution >= 4 is 17.9 Å². The number of β-lactam (4-membered cyclic amide) rings is 1. The summed E-state index contributed by atoms with van der Waals surface area (Å²) in [5.41, 5.74) is 0.634. The van der Waals surface area contributed by atoms with Gasteiger partial charge in [-0.15, -0.1) is 0 Å². The predicted octanol–water partition coefficient (Wildman–Crippen LogP) is 4.47. The topological polar surface area (TPSA) is 95.9 Å². The maximum Gasteiger partial charge on any atom is 0.335 e. The van der Waals surface area contributed by atoms with Crippen LogP contribution in [0, 0.1) is 5.41 Å². The molecule has 2 aromatic carbocycles. The van der Waals surface area contributed by atoms with E-state index in [9.17, 15) is 14.4 Å². The quantitative estimate of drug-likeness (QED) is 0.421. The highest BCUT2D eigenvalue weighted by Gasteiger charge is 2.62. The third-order valence-electron chi connectivity index (χ3n) is 6.19. The Labute approximate surface area is 188 Å². The van der Waals surface area contributed by atoms with E-state index in [1.54, 1.807) is 12.1 Å². The second kappa shape index (κ2) is 10.3. The first-order chi connectivity index (χ1) is 15.4. The number of carboxylic acid groups (broad SMARTS) is 1. The fourth-order valence-corrected chi connectivity index (χ4v) is 4.08. The van der Waals surface area contributed by atoms with Gasteiger partial charge in [-0.2, -0.15) is 0 Å². The van der Waals surface area contributed by atoms with Crippen LogP contribution in [0.4, 0.5) is 4.79 Å². The molecule has 1 atom stereocenters. The van der Waals surface area contributed by atoms with E-state index in [0.717, 1.165) is 24.2 Å². The molecule has 1 aliphatic rings.